The fraction of sp³-hybridized carbons (Fsp3) is 0.294. The standard InChI is InChI=1S/C17H21NS/c1-3-16(19-15-12-8-5-9-13-15)17(18-2)14-10-6-4-7-11-14/h4-13,16-18H,3H2,1-2H3. The van der Waals surface area contributed by atoms with Crippen LogP contribution in [0.5, 0.6) is 0 Å². The molecule has 1 nitrogen and oxygen atoms in total. The molecule has 0 amide bonds. The minimum Gasteiger partial charge on any atom is -0.312 e. The van der Waals surface area contributed by atoms with Crippen LogP contribution in [0.15, 0.2) is 65.6 Å². The van der Waals surface area contributed by atoms with Gasteiger partial charge in [0.2, 0.25) is 0 Å². The molecule has 1 N–H and O–H groups in total. The average Bonchev–Trinajstić information content (AvgIpc) is 2.49. The third-order valence-electron chi connectivity index (χ3n) is 3.27. The Morgan fingerprint density at radius 1 is 0.947 bits per heavy atom. The second-order valence-electron chi connectivity index (χ2n) is 4.55. The van der Waals surface area contributed by atoms with Crippen molar-refractivity contribution in [3.05, 3.63) is 66.2 Å². The Morgan fingerprint density at radius 2 is 1.53 bits per heavy atom. The molecule has 2 aromatic rings. The van der Waals surface area contributed by atoms with E-state index >= 15 is 0 Å². The van der Waals surface area contributed by atoms with Crippen LogP contribution in [0.25, 0.3) is 0 Å². The average molecular weight is 271 g/mol. The third-order valence-corrected chi connectivity index (χ3v) is 4.73. The minimum atomic E-state index is 0.386. The summed E-state index contributed by atoms with van der Waals surface area (Å²) in [6.45, 7) is 2.26. The first kappa shape index (κ1) is 14.2. The first-order valence-corrected chi connectivity index (χ1v) is 7.67. The van der Waals surface area contributed by atoms with Crippen LogP contribution in [0.2, 0.25) is 0 Å². The molecule has 2 aromatic carbocycles. The van der Waals surface area contributed by atoms with E-state index in [0.29, 0.717) is 11.3 Å². The highest BCUT2D eigenvalue weighted by Crippen LogP contribution is 2.33. The molecule has 19 heavy (non-hydrogen) atoms. The highest BCUT2D eigenvalue weighted by Gasteiger charge is 2.20. The lowest BCUT2D eigenvalue weighted by molar-refractivity contribution is 0.556. The van der Waals surface area contributed by atoms with Gasteiger partial charge in [-0.25, -0.2) is 0 Å². The van der Waals surface area contributed by atoms with Crippen molar-refractivity contribution in [2.24, 2.45) is 0 Å². The Labute approximate surface area is 120 Å². The number of nitrogens with one attached hydrogen (secondary N) is 1. The van der Waals surface area contributed by atoms with Crippen LogP contribution in [0.4, 0.5) is 0 Å². The van der Waals surface area contributed by atoms with Gasteiger partial charge in [0.1, 0.15) is 0 Å². The van der Waals surface area contributed by atoms with Gasteiger partial charge in [-0.3, -0.25) is 0 Å². The van der Waals surface area contributed by atoms with Crippen LogP contribution in [0.3, 0.4) is 0 Å². The number of hydrogen-bond donors (Lipinski definition) is 1. The molecule has 2 unspecified atom stereocenters. The maximum absolute atomic E-state index is 3.47. The van der Waals surface area contributed by atoms with Crippen LogP contribution in [0, 0.1) is 0 Å². The normalized spacial score (nSPS) is 14.0. The van der Waals surface area contributed by atoms with Crippen molar-refractivity contribution in [3.8, 4) is 0 Å². The zero-order valence-corrected chi connectivity index (χ0v) is 12.4. The van der Waals surface area contributed by atoms with E-state index in [1.165, 1.54) is 10.5 Å². The zero-order valence-electron chi connectivity index (χ0n) is 11.5. The van der Waals surface area contributed by atoms with Crippen LogP contribution in [-0.4, -0.2) is 12.3 Å². The quantitative estimate of drug-likeness (QED) is 0.775. The van der Waals surface area contributed by atoms with E-state index in [4.69, 9.17) is 0 Å². The lowest BCUT2D eigenvalue weighted by Crippen LogP contribution is -2.26. The molecule has 0 aliphatic carbocycles. The lowest BCUT2D eigenvalue weighted by Gasteiger charge is -2.26. The summed E-state index contributed by atoms with van der Waals surface area (Å²) >= 11 is 1.95. The van der Waals surface area contributed by atoms with Gasteiger partial charge >= 0.3 is 0 Å². The van der Waals surface area contributed by atoms with E-state index in [1.54, 1.807) is 0 Å². The number of rotatable bonds is 6. The predicted octanol–water partition coefficient (Wildman–Crippen LogP) is 4.52. The monoisotopic (exact) mass is 271 g/mol. The molecule has 2 heteroatoms. The molecule has 0 saturated carbocycles. The fourth-order valence-corrected chi connectivity index (χ4v) is 3.55. The molecule has 0 saturated heterocycles. The Morgan fingerprint density at radius 3 is 2.05 bits per heavy atom. The Kier molecular flexibility index (Phi) is 5.49. The second kappa shape index (κ2) is 7.37. The van der Waals surface area contributed by atoms with Crippen LogP contribution in [-0.2, 0) is 0 Å². The van der Waals surface area contributed by atoms with Crippen molar-refractivity contribution in [1.29, 1.82) is 0 Å². The van der Waals surface area contributed by atoms with Crippen molar-refractivity contribution in [1.82, 2.24) is 5.32 Å². The van der Waals surface area contributed by atoms with Crippen molar-refractivity contribution in [2.75, 3.05) is 7.05 Å². The summed E-state index contributed by atoms with van der Waals surface area (Å²) in [4.78, 5) is 1.34. The number of thioether (sulfide) groups is 1. The van der Waals surface area contributed by atoms with Gasteiger partial charge in [0.25, 0.3) is 0 Å². The van der Waals surface area contributed by atoms with Gasteiger partial charge in [0.05, 0.1) is 0 Å². The van der Waals surface area contributed by atoms with E-state index < -0.39 is 0 Å². The summed E-state index contributed by atoms with van der Waals surface area (Å²) in [5.41, 5.74) is 1.36. The van der Waals surface area contributed by atoms with Gasteiger partial charge in [-0.15, -0.1) is 11.8 Å². The minimum absolute atomic E-state index is 0.386. The van der Waals surface area contributed by atoms with Gasteiger partial charge in [-0.1, -0.05) is 55.5 Å². The molecule has 0 fully saturated rings. The molecule has 0 aromatic heterocycles. The summed E-state index contributed by atoms with van der Waals surface area (Å²) in [5, 5.41) is 4.01. The predicted molar refractivity (Wildman–Crippen MR) is 84.6 cm³/mol. The zero-order chi connectivity index (χ0) is 13.5. The maximum Gasteiger partial charge on any atom is 0.0441 e. The van der Waals surface area contributed by atoms with Crippen molar-refractivity contribution >= 4 is 11.8 Å². The molecule has 0 radical (unpaired) electrons. The van der Waals surface area contributed by atoms with Crippen molar-refractivity contribution in [3.63, 3.8) is 0 Å². The van der Waals surface area contributed by atoms with Crippen LogP contribution in [0.1, 0.15) is 24.9 Å². The van der Waals surface area contributed by atoms with Crippen molar-refractivity contribution < 1.29 is 0 Å². The maximum atomic E-state index is 3.47. The first-order valence-electron chi connectivity index (χ1n) is 6.79. The molecule has 0 bridgehead atoms. The van der Waals surface area contributed by atoms with E-state index in [9.17, 15) is 0 Å². The molecule has 100 valence electrons. The van der Waals surface area contributed by atoms with Gasteiger partial charge in [0, 0.05) is 16.2 Å². The Hall–Kier alpha value is -1.25. The Bertz CT molecular complexity index is 469. The van der Waals surface area contributed by atoms with Gasteiger partial charge in [-0.05, 0) is 31.2 Å². The summed E-state index contributed by atoms with van der Waals surface area (Å²) in [6, 6.07) is 21.7. The summed E-state index contributed by atoms with van der Waals surface area (Å²) < 4.78 is 0. The third kappa shape index (κ3) is 3.85. The SMILES string of the molecule is CCC(Sc1ccccc1)C(NC)c1ccccc1. The lowest BCUT2D eigenvalue weighted by atomic mass is 10.0. The summed E-state index contributed by atoms with van der Waals surface area (Å²) in [6.07, 6.45) is 1.14. The topological polar surface area (TPSA) is 12.0 Å². The number of hydrogen-bond acceptors (Lipinski definition) is 2. The first-order chi connectivity index (χ1) is 9.35. The van der Waals surface area contributed by atoms with Crippen LogP contribution >= 0.6 is 11.8 Å². The van der Waals surface area contributed by atoms with E-state index in [2.05, 4.69) is 72.9 Å². The molecule has 0 aliphatic heterocycles. The smallest absolute Gasteiger partial charge is 0.0441 e. The van der Waals surface area contributed by atoms with E-state index in [1.807, 2.05) is 18.8 Å². The molecular weight excluding hydrogens is 250 g/mol. The van der Waals surface area contributed by atoms with E-state index in [0.717, 1.165) is 6.42 Å². The fourth-order valence-electron chi connectivity index (χ4n) is 2.29. The van der Waals surface area contributed by atoms with Gasteiger partial charge < -0.3 is 5.32 Å². The molecule has 2 rings (SSSR count). The highest BCUT2D eigenvalue weighted by molar-refractivity contribution is 8.00. The molecule has 0 aliphatic rings. The van der Waals surface area contributed by atoms with Crippen molar-refractivity contribution in [2.45, 2.75) is 29.5 Å². The highest BCUT2D eigenvalue weighted by atomic mass is 32.2. The molecule has 0 heterocycles. The number of benzene rings is 2. The second-order valence-corrected chi connectivity index (χ2v) is 5.87. The summed E-state index contributed by atoms with van der Waals surface area (Å²) in [7, 11) is 2.05. The van der Waals surface area contributed by atoms with Crippen LogP contribution < -0.4 is 5.32 Å². The van der Waals surface area contributed by atoms with Gasteiger partial charge in [0.15, 0.2) is 0 Å². The summed E-state index contributed by atoms with van der Waals surface area (Å²) in [5.74, 6) is 0. The molecule has 0 spiro atoms. The Balaban J connectivity index is 2.15. The molecular formula is C17H21NS. The van der Waals surface area contributed by atoms with E-state index in [-0.39, 0.29) is 0 Å². The van der Waals surface area contributed by atoms with Gasteiger partial charge in [-0.2, -0.15) is 0 Å². The largest absolute Gasteiger partial charge is 0.312 e. The molecule has 2 atom stereocenters.